The highest BCUT2D eigenvalue weighted by molar-refractivity contribution is 7.80. The Hall–Kier alpha value is -2.01. The van der Waals surface area contributed by atoms with Crippen LogP contribution in [0.5, 0.6) is 0 Å². The average molecular weight is 243 g/mol. The second-order valence-corrected chi connectivity index (χ2v) is 4.19. The van der Waals surface area contributed by atoms with Gasteiger partial charge in [0.1, 0.15) is 12.4 Å². The molecule has 4 nitrogen and oxygen atoms in total. The molecule has 1 aliphatic heterocycles. The number of thiocarbonyl (C=S) groups is 1. The van der Waals surface area contributed by atoms with Gasteiger partial charge in [0.2, 0.25) is 5.91 Å². The number of hydrogen-bond donors (Lipinski definition) is 1. The van der Waals surface area contributed by atoms with Gasteiger partial charge < -0.3 is 5.32 Å². The molecular formula is C12H9N3OS. The van der Waals surface area contributed by atoms with Crippen LogP contribution in [0, 0.1) is 0 Å². The number of hydrogen-bond acceptors (Lipinski definition) is 3. The van der Waals surface area contributed by atoms with Crippen LogP contribution < -0.4 is 10.2 Å². The molecule has 2 heterocycles. The summed E-state index contributed by atoms with van der Waals surface area (Å²) in [6.45, 7) is 0.240. The molecule has 0 unspecified atom stereocenters. The van der Waals surface area contributed by atoms with Gasteiger partial charge in [0, 0.05) is 5.39 Å². The van der Waals surface area contributed by atoms with Crippen LogP contribution >= 0.6 is 12.2 Å². The van der Waals surface area contributed by atoms with Crippen LogP contribution in [-0.2, 0) is 4.79 Å². The minimum atomic E-state index is -0.0926. The van der Waals surface area contributed by atoms with E-state index in [2.05, 4.69) is 10.3 Å². The van der Waals surface area contributed by atoms with Gasteiger partial charge >= 0.3 is 0 Å². The van der Waals surface area contributed by atoms with Crippen molar-refractivity contribution in [3.8, 4) is 0 Å². The van der Waals surface area contributed by atoms with Crippen molar-refractivity contribution >= 4 is 40.0 Å². The number of rotatable bonds is 1. The zero-order valence-corrected chi connectivity index (χ0v) is 9.70. The van der Waals surface area contributed by atoms with Gasteiger partial charge in [0.25, 0.3) is 0 Å². The van der Waals surface area contributed by atoms with Crippen LogP contribution in [0.3, 0.4) is 0 Å². The smallest absolute Gasteiger partial charge is 0.246 e. The third kappa shape index (κ3) is 1.74. The molecule has 0 spiro atoms. The molecule has 1 amide bonds. The molecule has 0 radical (unpaired) electrons. The molecular weight excluding hydrogens is 234 g/mol. The standard InChI is InChI=1S/C12H9N3OS/c16-11-7-15(12(17)14-11)10-6-5-8-3-1-2-4-9(8)13-10/h1-6H,7H2,(H,14,16,17). The summed E-state index contributed by atoms with van der Waals surface area (Å²) in [6, 6.07) is 11.7. The van der Waals surface area contributed by atoms with Crippen LogP contribution in [0.2, 0.25) is 0 Å². The summed E-state index contributed by atoms with van der Waals surface area (Å²) in [4.78, 5) is 17.4. The average Bonchev–Trinajstić information content (AvgIpc) is 2.68. The maximum Gasteiger partial charge on any atom is 0.246 e. The second-order valence-electron chi connectivity index (χ2n) is 3.80. The molecule has 0 saturated carbocycles. The Balaban J connectivity index is 2.06. The number of fused-ring (bicyclic) bond motifs is 1. The van der Waals surface area contributed by atoms with Crippen molar-refractivity contribution in [3.05, 3.63) is 36.4 Å². The quantitative estimate of drug-likeness (QED) is 0.770. The minimum absolute atomic E-state index is 0.0926. The zero-order chi connectivity index (χ0) is 11.8. The fourth-order valence-corrected chi connectivity index (χ4v) is 2.10. The molecule has 3 rings (SSSR count). The van der Waals surface area contributed by atoms with Gasteiger partial charge in [0.05, 0.1) is 5.52 Å². The second kappa shape index (κ2) is 3.78. The Morgan fingerprint density at radius 1 is 1.24 bits per heavy atom. The summed E-state index contributed by atoms with van der Waals surface area (Å²) in [5.41, 5.74) is 0.896. The predicted octanol–water partition coefficient (Wildman–Crippen LogP) is 1.46. The van der Waals surface area contributed by atoms with Gasteiger partial charge in [-0.25, -0.2) is 4.98 Å². The molecule has 1 N–H and O–H groups in total. The molecule has 0 bridgehead atoms. The Morgan fingerprint density at radius 2 is 2.06 bits per heavy atom. The molecule has 5 heteroatoms. The van der Waals surface area contributed by atoms with Gasteiger partial charge in [0.15, 0.2) is 5.11 Å². The number of para-hydroxylation sites is 1. The fraction of sp³-hybridized carbons (Fsp3) is 0.0833. The summed E-state index contributed by atoms with van der Waals surface area (Å²) >= 11 is 5.08. The lowest BCUT2D eigenvalue weighted by atomic mass is 10.2. The monoisotopic (exact) mass is 243 g/mol. The molecule has 1 saturated heterocycles. The molecule has 1 aromatic carbocycles. The Labute approximate surface area is 103 Å². The molecule has 1 fully saturated rings. The first-order valence-electron chi connectivity index (χ1n) is 5.21. The van der Waals surface area contributed by atoms with Crippen LogP contribution in [0.25, 0.3) is 10.9 Å². The van der Waals surface area contributed by atoms with Gasteiger partial charge in [-0.3, -0.25) is 9.69 Å². The van der Waals surface area contributed by atoms with E-state index in [1.165, 1.54) is 0 Å². The molecule has 17 heavy (non-hydrogen) atoms. The SMILES string of the molecule is O=C1CN(c2ccc3ccccc3n2)C(=S)N1. The third-order valence-electron chi connectivity index (χ3n) is 2.65. The Bertz CT molecular complexity index is 626. The first kappa shape index (κ1) is 10.2. The Morgan fingerprint density at radius 3 is 2.82 bits per heavy atom. The number of benzene rings is 1. The highest BCUT2D eigenvalue weighted by Crippen LogP contribution is 2.19. The summed E-state index contributed by atoms with van der Waals surface area (Å²) in [7, 11) is 0. The van der Waals surface area contributed by atoms with Crippen molar-refractivity contribution in [1.29, 1.82) is 0 Å². The molecule has 2 aromatic rings. The van der Waals surface area contributed by atoms with E-state index in [-0.39, 0.29) is 12.5 Å². The molecule has 84 valence electrons. The number of amides is 1. The van der Waals surface area contributed by atoms with E-state index in [9.17, 15) is 4.79 Å². The number of nitrogens with one attached hydrogen (secondary N) is 1. The number of carbonyl (C=O) groups is 1. The van der Waals surface area contributed by atoms with E-state index in [4.69, 9.17) is 12.2 Å². The Kier molecular flexibility index (Phi) is 2.26. The highest BCUT2D eigenvalue weighted by atomic mass is 32.1. The van der Waals surface area contributed by atoms with Gasteiger partial charge in [-0.05, 0) is 30.4 Å². The van der Waals surface area contributed by atoms with E-state index in [1.807, 2.05) is 36.4 Å². The fourth-order valence-electron chi connectivity index (χ4n) is 1.83. The van der Waals surface area contributed by atoms with Crippen LogP contribution in [0.15, 0.2) is 36.4 Å². The van der Waals surface area contributed by atoms with Crippen molar-refractivity contribution in [1.82, 2.24) is 10.3 Å². The molecule has 1 aliphatic rings. The van der Waals surface area contributed by atoms with Crippen molar-refractivity contribution in [2.45, 2.75) is 0 Å². The summed E-state index contributed by atoms with van der Waals surface area (Å²) < 4.78 is 0. The summed E-state index contributed by atoms with van der Waals surface area (Å²) in [6.07, 6.45) is 0. The number of pyridine rings is 1. The van der Waals surface area contributed by atoms with E-state index >= 15 is 0 Å². The summed E-state index contributed by atoms with van der Waals surface area (Å²) in [5, 5.41) is 4.08. The van der Waals surface area contributed by atoms with Crippen molar-refractivity contribution in [3.63, 3.8) is 0 Å². The number of anilines is 1. The van der Waals surface area contributed by atoms with E-state index in [1.54, 1.807) is 4.90 Å². The van der Waals surface area contributed by atoms with E-state index in [0.717, 1.165) is 10.9 Å². The van der Waals surface area contributed by atoms with Crippen LogP contribution in [-0.4, -0.2) is 22.5 Å². The van der Waals surface area contributed by atoms with Crippen molar-refractivity contribution < 1.29 is 4.79 Å². The van der Waals surface area contributed by atoms with Crippen molar-refractivity contribution in [2.24, 2.45) is 0 Å². The number of carbonyl (C=O) groups excluding carboxylic acids is 1. The lowest BCUT2D eigenvalue weighted by Crippen LogP contribution is -2.28. The maximum absolute atomic E-state index is 11.2. The van der Waals surface area contributed by atoms with E-state index < -0.39 is 0 Å². The highest BCUT2D eigenvalue weighted by Gasteiger charge is 2.25. The number of nitrogens with zero attached hydrogens (tertiary/aromatic N) is 2. The van der Waals surface area contributed by atoms with Crippen LogP contribution in [0.1, 0.15) is 0 Å². The number of aromatic nitrogens is 1. The predicted molar refractivity (Wildman–Crippen MR) is 69.8 cm³/mol. The summed E-state index contributed by atoms with van der Waals surface area (Å²) in [5.74, 6) is 0.608. The lowest BCUT2D eigenvalue weighted by molar-refractivity contribution is -0.117. The van der Waals surface area contributed by atoms with Gasteiger partial charge in [-0.2, -0.15) is 0 Å². The molecule has 0 atom stereocenters. The first-order valence-corrected chi connectivity index (χ1v) is 5.62. The normalized spacial score (nSPS) is 15.4. The first-order chi connectivity index (χ1) is 8.24. The molecule has 0 aliphatic carbocycles. The van der Waals surface area contributed by atoms with Gasteiger partial charge in [-0.15, -0.1) is 0 Å². The zero-order valence-electron chi connectivity index (χ0n) is 8.88. The van der Waals surface area contributed by atoms with Crippen LogP contribution in [0.4, 0.5) is 5.82 Å². The molecule has 1 aromatic heterocycles. The van der Waals surface area contributed by atoms with E-state index in [0.29, 0.717) is 10.9 Å². The third-order valence-corrected chi connectivity index (χ3v) is 2.98. The topological polar surface area (TPSA) is 45.2 Å². The lowest BCUT2D eigenvalue weighted by Gasteiger charge is -2.14. The minimum Gasteiger partial charge on any atom is -0.301 e. The largest absolute Gasteiger partial charge is 0.301 e. The maximum atomic E-state index is 11.2. The van der Waals surface area contributed by atoms with Crippen molar-refractivity contribution in [2.75, 3.05) is 11.4 Å². The van der Waals surface area contributed by atoms with Gasteiger partial charge in [-0.1, -0.05) is 18.2 Å².